The second kappa shape index (κ2) is 12.4. The second-order valence-electron chi connectivity index (χ2n) is 8.08. The summed E-state index contributed by atoms with van der Waals surface area (Å²) < 4.78 is 26.2. The van der Waals surface area contributed by atoms with Gasteiger partial charge < -0.3 is 10.2 Å². The normalized spacial score (nSPS) is 12.1. The minimum Gasteiger partial charge on any atom is -0.354 e. The first-order valence-electron chi connectivity index (χ1n) is 11.3. The van der Waals surface area contributed by atoms with E-state index in [4.69, 9.17) is 0 Å². The van der Waals surface area contributed by atoms with Crippen molar-refractivity contribution in [1.29, 1.82) is 0 Å². The summed E-state index contributed by atoms with van der Waals surface area (Å²) in [6, 6.07) is 16.1. The van der Waals surface area contributed by atoms with E-state index >= 15 is 0 Å². The highest BCUT2D eigenvalue weighted by Crippen LogP contribution is 2.19. The molecule has 0 aliphatic rings. The van der Waals surface area contributed by atoms with Crippen LogP contribution in [-0.2, 0) is 32.5 Å². The number of rotatable bonds is 12. The van der Waals surface area contributed by atoms with Crippen molar-refractivity contribution in [2.45, 2.75) is 46.1 Å². The Hall–Kier alpha value is -2.87. The molecule has 0 aromatic heterocycles. The third kappa shape index (κ3) is 7.89. The van der Waals surface area contributed by atoms with Crippen LogP contribution in [0.2, 0.25) is 0 Å². The number of nitrogens with one attached hydrogen (secondary N) is 1. The number of anilines is 1. The number of hydrogen-bond donors (Lipinski definition) is 1. The molecule has 1 atom stereocenters. The number of sulfonamides is 1. The van der Waals surface area contributed by atoms with Crippen molar-refractivity contribution in [1.82, 2.24) is 10.2 Å². The van der Waals surface area contributed by atoms with Crippen LogP contribution in [0.1, 0.15) is 38.3 Å². The van der Waals surface area contributed by atoms with Crippen LogP contribution in [0.3, 0.4) is 0 Å². The van der Waals surface area contributed by atoms with Crippen LogP contribution >= 0.6 is 0 Å². The molecule has 0 bridgehead atoms. The summed E-state index contributed by atoms with van der Waals surface area (Å²) in [7, 11) is -3.71. The fourth-order valence-electron chi connectivity index (χ4n) is 3.48. The Bertz CT molecular complexity index is 1010. The van der Waals surface area contributed by atoms with Crippen molar-refractivity contribution in [2.75, 3.05) is 30.2 Å². The summed E-state index contributed by atoms with van der Waals surface area (Å²) >= 11 is 0. The molecule has 0 fully saturated rings. The minimum absolute atomic E-state index is 0.253. The molecule has 0 unspecified atom stereocenters. The van der Waals surface area contributed by atoms with Gasteiger partial charge in [0, 0.05) is 13.1 Å². The van der Waals surface area contributed by atoms with Crippen molar-refractivity contribution < 1.29 is 18.0 Å². The molecule has 7 nitrogen and oxygen atoms in total. The number of nitrogens with zero attached hydrogens (tertiary/aromatic N) is 2. The fraction of sp³-hybridized carbons (Fsp3) is 0.440. The van der Waals surface area contributed by atoms with Gasteiger partial charge in [0.1, 0.15) is 12.6 Å². The molecular formula is C25H35N3O4S. The van der Waals surface area contributed by atoms with Gasteiger partial charge >= 0.3 is 0 Å². The highest BCUT2D eigenvalue weighted by Gasteiger charge is 2.29. The predicted octanol–water partition coefficient (Wildman–Crippen LogP) is 3.00. The van der Waals surface area contributed by atoms with Gasteiger partial charge in [0.15, 0.2) is 0 Å². The van der Waals surface area contributed by atoms with Crippen LogP contribution in [0.4, 0.5) is 5.69 Å². The van der Waals surface area contributed by atoms with Gasteiger partial charge in [-0.3, -0.25) is 13.9 Å². The van der Waals surface area contributed by atoms with Crippen LogP contribution in [0, 0.1) is 0 Å². The van der Waals surface area contributed by atoms with Gasteiger partial charge in [-0.1, -0.05) is 56.3 Å². The Labute approximate surface area is 197 Å². The molecule has 180 valence electrons. The zero-order valence-electron chi connectivity index (χ0n) is 20.0. The Morgan fingerprint density at radius 3 is 2.15 bits per heavy atom. The molecule has 2 amide bonds. The van der Waals surface area contributed by atoms with Gasteiger partial charge in [-0.05, 0) is 49.4 Å². The third-order valence-corrected chi connectivity index (χ3v) is 6.65. The van der Waals surface area contributed by atoms with E-state index in [0.29, 0.717) is 25.2 Å². The molecule has 0 radical (unpaired) electrons. The lowest BCUT2D eigenvalue weighted by molar-refractivity contribution is -0.138. The Balaban J connectivity index is 2.27. The second-order valence-corrected chi connectivity index (χ2v) is 9.99. The molecule has 0 saturated carbocycles. The number of hydrogen-bond acceptors (Lipinski definition) is 4. The quantitative estimate of drug-likeness (QED) is 0.513. The number of benzene rings is 2. The minimum atomic E-state index is -3.71. The number of aryl methyl sites for hydroxylation is 1. The largest absolute Gasteiger partial charge is 0.354 e. The first-order chi connectivity index (χ1) is 15.7. The molecule has 2 aromatic rings. The van der Waals surface area contributed by atoms with Crippen molar-refractivity contribution in [3.8, 4) is 0 Å². The van der Waals surface area contributed by atoms with Gasteiger partial charge in [0.05, 0.1) is 11.9 Å². The van der Waals surface area contributed by atoms with Crippen LogP contribution in [0.25, 0.3) is 0 Å². The molecular weight excluding hydrogens is 438 g/mol. The van der Waals surface area contributed by atoms with Gasteiger partial charge in [-0.2, -0.15) is 0 Å². The monoisotopic (exact) mass is 473 g/mol. The average molecular weight is 474 g/mol. The first kappa shape index (κ1) is 26.4. The molecule has 2 rings (SSSR count). The van der Waals surface area contributed by atoms with E-state index in [0.717, 1.165) is 34.5 Å². The maximum absolute atomic E-state index is 13.4. The average Bonchev–Trinajstić information content (AvgIpc) is 2.81. The molecule has 1 N–H and O–H groups in total. The first-order valence-corrected chi connectivity index (χ1v) is 13.2. The Morgan fingerprint density at radius 1 is 0.970 bits per heavy atom. The summed E-state index contributed by atoms with van der Waals surface area (Å²) in [6.45, 7) is 6.10. The number of carbonyl (C=O) groups is 2. The number of carbonyl (C=O) groups excluding carboxylic acids is 2. The van der Waals surface area contributed by atoms with E-state index in [1.807, 2.05) is 56.3 Å². The van der Waals surface area contributed by atoms with Crippen LogP contribution in [-0.4, -0.2) is 57.1 Å². The van der Waals surface area contributed by atoms with Crippen molar-refractivity contribution >= 4 is 27.5 Å². The maximum Gasteiger partial charge on any atom is 0.244 e. The highest BCUT2D eigenvalue weighted by molar-refractivity contribution is 7.92. The van der Waals surface area contributed by atoms with E-state index in [2.05, 4.69) is 5.32 Å². The van der Waals surface area contributed by atoms with Crippen molar-refractivity contribution in [2.24, 2.45) is 0 Å². The maximum atomic E-state index is 13.4. The zero-order chi connectivity index (χ0) is 24.4. The smallest absolute Gasteiger partial charge is 0.244 e. The van der Waals surface area contributed by atoms with Crippen molar-refractivity contribution in [3.05, 3.63) is 65.7 Å². The zero-order valence-corrected chi connectivity index (χ0v) is 20.8. The van der Waals surface area contributed by atoms with Crippen LogP contribution in [0.5, 0.6) is 0 Å². The molecule has 8 heteroatoms. The lowest BCUT2D eigenvalue weighted by atomic mass is 10.1. The Kier molecular flexibility index (Phi) is 9.91. The van der Waals surface area contributed by atoms with Gasteiger partial charge in [-0.25, -0.2) is 8.42 Å². The van der Waals surface area contributed by atoms with E-state index in [-0.39, 0.29) is 12.5 Å². The van der Waals surface area contributed by atoms with E-state index in [1.165, 1.54) is 4.90 Å². The molecule has 0 heterocycles. The van der Waals surface area contributed by atoms with Crippen molar-refractivity contribution in [3.63, 3.8) is 0 Å². The Morgan fingerprint density at radius 2 is 1.61 bits per heavy atom. The molecule has 0 saturated heterocycles. The van der Waals surface area contributed by atoms with E-state index in [1.54, 1.807) is 19.1 Å². The summed E-state index contributed by atoms with van der Waals surface area (Å²) in [5, 5.41) is 2.83. The highest BCUT2D eigenvalue weighted by atomic mass is 32.2. The third-order valence-electron chi connectivity index (χ3n) is 5.51. The molecule has 2 aromatic carbocycles. The summed E-state index contributed by atoms with van der Waals surface area (Å²) in [5.74, 6) is -0.675. The van der Waals surface area contributed by atoms with Crippen LogP contribution < -0.4 is 9.62 Å². The molecule has 0 aliphatic carbocycles. The topological polar surface area (TPSA) is 86.8 Å². The van der Waals surface area contributed by atoms with Crippen LogP contribution in [0.15, 0.2) is 54.6 Å². The lowest BCUT2D eigenvalue weighted by Crippen LogP contribution is -2.52. The summed E-state index contributed by atoms with van der Waals surface area (Å²) in [4.78, 5) is 27.5. The number of amides is 2. The standard InChI is InChI=1S/C25H35N3O4S/c1-5-17-26-25(30)20(3)27(18-16-22-10-8-7-9-11-22)24(29)19-28(33(4,31)32)23-14-12-21(6-2)13-15-23/h7-15,20H,5-6,16-19H2,1-4H3,(H,26,30)/t20-/m0/s1. The molecule has 33 heavy (non-hydrogen) atoms. The lowest BCUT2D eigenvalue weighted by Gasteiger charge is -2.31. The summed E-state index contributed by atoms with van der Waals surface area (Å²) in [6.07, 6.45) is 3.25. The predicted molar refractivity (Wildman–Crippen MR) is 133 cm³/mol. The van der Waals surface area contributed by atoms with E-state index in [9.17, 15) is 18.0 Å². The summed E-state index contributed by atoms with van der Waals surface area (Å²) in [5.41, 5.74) is 2.53. The van der Waals surface area contributed by atoms with Gasteiger partial charge in [-0.15, -0.1) is 0 Å². The molecule has 0 aliphatic heterocycles. The fourth-order valence-corrected chi connectivity index (χ4v) is 4.33. The van der Waals surface area contributed by atoms with Gasteiger partial charge in [0.2, 0.25) is 21.8 Å². The van der Waals surface area contributed by atoms with E-state index < -0.39 is 22.0 Å². The molecule has 0 spiro atoms. The van der Waals surface area contributed by atoms with Gasteiger partial charge in [0.25, 0.3) is 0 Å². The SMILES string of the molecule is CCCNC(=O)[C@H](C)N(CCc1ccccc1)C(=O)CN(c1ccc(CC)cc1)S(C)(=O)=O.